The molecular weight excluding hydrogens is 227 g/mol. The molecule has 2 fully saturated rings. The molecule has 0 spiro atoms. The topological polar surface area (TPSA) is 12.0 Å². The Labute approximate surface area is 98.0 Å². The number of halogens is 3. The van der Waals surface area contributed by atoms with Crippen molar-refractivity contribution in [2.75, 3.05) is 0 Å². The molecular formula is C13H14F3N. The molecule has 2 aliphatic rings. The van der Waals surface area contributed by atoms with Crippen LogP contribution in [0.15, 0.2) is 18.2 Å². The van der Waals surface area contributed by atoms with Crippen LogP contribution in [0.3, 0.4) is 0 Å². The number of alkyl halides is 1. The third-order valence-corrected chi connectivity index (χ3v) is 3.89. The Hall–Kier alpha value is -1.03. The summed E-state index contributed by atoms with van der Waals surface area (Å²) in [7, 11) is 0. The fourth-order valence-corrected chi connectivity index (χ4v) is 3.22. The average Bonchev–Trinajstić information content (AvgIpc) is 2.58. The summed E-state index contributed by atoms with van der Waals surface area (Å²) in [6.45, 7) is 0. The van der Waals surface area contributed by atoms with Gasteiger partial charge in [0.2, 0.25) is 0 Å². The minimum atomic E-state index is -1.85. The molecule has 2 aliphatic heterocycles. The summed E-state index contributed by atoms with van der Waals surface area (Å²) in [4.78, 5) is 0. The van der Waals surface area contributed by atoms with Gasteiger partial charge in [0.1, 0.15) is 17.3 Å². The normalized spacial score (nSPS) is 36.2. The van der Waals surface area contributed by atoms with E-state index in [1.165, 1.54) is 6.07 Å². The molecule has 1 nitrogen and oxygen atoms in total. The van der Waals surface area contributed by atoms with E-state index in [-0.39, 0.29) is 30.5 Å². The molecule has 0 aliphatic carbocycles. The molecule has 0 aromatic heterocycles. The monoisotopic (exact) mass is 241 g/mol. The molecule has 0 saturated carbocycles. The summed E-state index contributed by atoms with van der Waals surface area (Å²) in [6, 6.07) is 3.64. The molecule has 0 radical (unpaired) electrons. The minimum Gasteiger partial charge on any atom is -0.311 e. The Balaban J connectivity index is 2.02. The first kappa shape index (κ1) is 11.1. The van der Waals surface area contributed by atoms with Crippen molar-refractivity contribution >= 4 is 0 Å². The van der Waals surface area contributed by atoms with Gasteiger partial charge in [0, 0.05) is 24.9 Å². The first-order chi connectivity index (χ1) is 8.08. The van der Waals surface area contributed by atoms with Crippen LogP contribution in [0, 0.1) is 11.6 Å². The quantitative estimate of drug-likeness (QED) is 0.796. The van der Waals surface area contributed by atoms with Gasteiger partial charge in [-0.3, -0.25) is 0 Å². The predicted octanol–water partition coefficient (Wildman–Crippen LogP) is 3.04. The van der Waals surface area contributed by atoms with Crippen LogP contribution in [-0.4, -0.2) is 12.1 Å². The third-order valence-electron chi connectivity index (χ3n) is 3.89. The lowest BCUT2D eigenvalue weighted by atomic mass is 9.82. The smallest absolute Gasteiger partial charge is 0.144 e. The van der Waals surface area contributed by atoms with E-state index in [4.69, 9.17) is 0 Å². The van der Waals surface area contributed by atoms with Gasteiger partial charge >= 0.3 is 0 Å². The SMILES string of the molecule is Fc1cccc(F)c1C1(F)CC2CCC(C1)N2. The largest absolute Gasteiger partial charge is 0.311 e. The van der Waals surface area contributed by atoms with Gasteiger partial charge in [0.25, 0.3) is 0 Å². The zero-order chi connectivity index (χ0) is 12.0. The van der Waals surface area contributed by atoms with Crippen molar-refractivity contribution in [3.63, 3.8) is 0 Å². The number of fused-ring (bicyclic) bond motifs is 2. The van der Waals surface area contributed by atoms with Crippen molar-refractivity contribution in [1.82, 2.24) is 5.32 Å². The molecule has 2 heterocycles. The number of benzene rings is 1. The maximum atomic E-state index is 14.8. The van der Waals surface area contributed by atoms with E-state index in [9.17, 15) is 13.2 Å². The standard InChI is InChI=1S/C13H14F3N/c14-10-2-1-3-11(15)12(10)13(16)6-8-4-5-9(7-13)17-8/h1-3,8-9,17H,4-7H2. The van der Waals surface area contributed by atoms with Crippen molar-refractivity contribution in [3.05, 3.63) is 35.4 Å². The van der Waals surface area contributed by atoms with Gasteiger partial charge in [-0.05, 0) is 25.0 Å². The molecule has 2 atom stereocenters. The van der Waals surface area contributed by atoms with E-state index in [1.807, 2.05) is 0 Å². The summed E-state index contributed by atoms with van der Waals surface area (Å²) in [5.41, 5.74) is -2.23. The molecule has 0 amide bonds. The van der Waals surface area contributed by atoms with Gasteiger partial charge in [-0.2, -0.15) is 0 Å². The molecule has 1 aromatic rings. The Morgan fingerprint density at radius 3 is 2.12 bits per heavy atom. The highest BCUT2D eigenvalue weighted by Gasteiger charge is 2.47. The van der Waals surface area contributed by atoms with Gasteiger partial charge in [-0.15, -0.1) is 0 Å². The molecule has 1 aromatic carbocycles. The van der Waals surface area contributed by atoms with Crippen LogP contribution >= 0.6 is 0 Å². The van der Waals surface area contributed by atoms with Crippen LogP contribution in [0.25, 0.3) is 0 Å². The highest BCUT2D eigenvalue weighted by Crippen LogP contribution is 2.45. The maximum Gasteiger partial charge on any atom is 0.144 e. The molecule has 2 bridgehead atoms. The fourth-order valence-electron chi connectivity index (χ4n) is 3.22. The third kappa shape index (κ3) is 1.75. The molecule has 17 heavy (non-hydrogen) atoms. The number of piperidine rings is 1. The number of hydrogen-bond donors (Lipinski definition) is 1. The van der Waals surface area contributed by atoms with E-state index < -0.39 is 17.3 Å². The second-order valence-electron chi connectivity index (χ2n) is 5.11. The predicted molar refractivity (Wildman–Crippen MR) is 58.3 cm³/mol. The van der Waals surface area contributed by atoms with E-state index in [0.29, 0.717) is 0 Å². The molecule has 3 rings (SSSR count). The molecule has 92 valence electrons. The van der Waals surface area contributed by atoms with Crippen molar-refractivity contribution in [2.24, 2.45) is 0 Å². The van der Waals surface area contributed by atoms with Crippen molar-refractivity contribution in [2.45, 2.75) is 43.4 Å². The van der Waals surface area contributed by atoms with Crippen LogP contribution in [0.5, 0.6) is 0 Å². The zero-order valence-electron chi connectivity index (χ0n) is 9.35. The average molecular weight is 241 g/mol. The van der Waals surface area contributed by atoms with Gasteiger partial charge in [0.05, 0.1) is 5.56 Å². The molecule has 1 N–H and O–H groups in total. The van der Waals surface area contributed by atoms with E-state index >= 15 is 0 Å². The Morgan fingerprint density at radius 2 is 1.59 bits per heavy atom. The maximum absolute atomic E-state index is 14.8. The Kier molecular flexibility index (Phi) is 2.43. The summed E-state index contributed by atoms with van der Waals surface area (Å²) in [5, 5.41) is 3.27. The zero-order valence-corrected chi connectivity index (χ0v) is 9.35. The first-order valence-corrected chi connectivity index (χ1v) is 5.98. The van der Waals surface area contributed by atoms with Crippen LogP contribution in [0.4, 0.5) is 13.2 Å². The van der Waals surface area contributed by atoms with Crippen molar-refractivity contribution in [3.8, 4) is 0 Å². The van der Waals surface area contributed by atoms with Crippen LogP contribution < -0.4 is 5.32 Å². The summed E-state index contributed by atoms with van der Waals surface area (Å²) in [5.74, 6) is -1.54. The molecule has 2 unspecified atom stereocenters. The Morgan fingerprint density at radius 1 is 1.06 bits per heavy atom. The molecule has 4 heteroatoms. The fraction of sp³-hybridized carbons (Fsp3) is 0.538. The van der Waals surface area contributed by atoms with E-state index in [2.05, 4.69) is 5.32 Å². The van der Waals surface area contributed by atoms with Gasteiger partial charge in [0.15, 0.2) is 0 Å². The van der Waals surface area contributed by atoms with Crippen LogP contribution in [0.1, 0.15) is 31.2 Å². The molecule has 2 saturated heterocycles. The van der Waals surface area contributed by atoms with Crippen LogP contribution in [-0.2, 0) is 5.67 Å². The lowest BCUT2D eigenvalue weighted by molar-refractivity contribution is 0.0789. The van der Waals surface area contributed by atoms with E-state index in [1.54, 1.807) is 0 Å². The van der Waals surface area contributed by atoms with Gasteiger partial charge in [-0.1, -0.05) is 6.07 Å². The van der Waals surface area contributed by atoms with Gasteiger partial charge in [-0.25, -0.2) is 13.2 Å². The van der Waals surface area contributed by atoms with Crippen molar-refractivity contribution < 1.29 is 13.2 Å². The van der Waals surface area contributed by atoms with Gasteiger partial charge < -0.3 is 5.32 Å². The van der Waals surface area contributed by atoms with E-state index in [0.717, 1.165) is 25.0 Å². The Bertz CT molecular complexity index is 414. The highest BCUT2D eigenvalue weighted by molar-refractivity contribution is 5.28. The van der Waals surface area contributed by atoms with Crippen LogP contribution in [0.2, 0.25) is 0 Å². The highest BCUT2D eigenvalue weighted by atomic mass is 19.2. The lowest BCUT2D eigenvalue weighted by Gasteiger charge is -2.35. The van der Waals surface area contributed by atoms with Crippen molar-refractivity contribution in [1.29, 1.82) is 0 Å². The summed E-state index contributed by atoms with van der Waals surface area (Å²) >= 11 is 0. The summed E-state index contributed by atoms with van der Waals surface area (Å²) < 4.78 is 42.2. The number of rotatable bonds is 1. The summed E-state index contributed by atoms with van der Waals surface area (Å²) in [6.07, 6.45) is 2.13. The first-order valence-electron chi connectivity index (χ1n) is 5.98. The lowest BCUT2D eigenvalue weighted by Crippen LogP contribution is -2.45. The minimum absolute atomic E-state index is 0.0535. The number of nitrogens with one attached hydrogen (secondary N) is 1. The second-order valence-corrected chi connectivity index (χ2v) is 5.11. The second kappa shape index (κ2) is 3.73. The number of hydrogen-bond acceptors (Lipinski definition) is 1.